The fourth-order valence-corrected chi connectivity index (χ4v) is 1.57. The predicted octanol–water partition coefficient (Wildman–Crippen LogP) is 0.737. The zero-order valence-corrected chi connectivity index (χ0v) is 10.8. The van der Waals surface area contributed by atoms with Gasteiger partial charge in [0.15, 0.2) is 5.75 Å². The molecule has 1 amide bonds. The maximum Gasteiger partial charge on any atom is 0.312 e. The van der Waals surface area contributed by atoms with Gasteiger partial charge in [-0.1, -0.05) is 6.07 Å². The molecule has 0 heterocycles. The molecule has 0 unspecified atom stereocenters. The van der Waals surface area contributed by atoms with E-state index >= 15 is 0 Å². The number of ether oxygens (including phenoxy) is 1. The van der Waals surface area contributed by atoms with E-state index in [2.05, 4.69) is 5.32 Å². The third-order valence-electron chi connectivity index (χ3n) is 2.49. The number of carboxylic acid groups (broad SMARTS) is 1. The summed E-state index contributed by atoms with van der Waals surface area (Å²) >= 11 is 0. The summed E-state index contributed by atoms with van der Waals surface area (Å²) in [4.78, 5) is 31.6. The van der Waals surface area contributed by atoms with Gasteiger partial charge in [-0.05, 0) is 18.1 Å². The van der Waals surface area contributed by atoms with E-state index in [1.54, 1.807) is 6.07 Å². The number of carbonyl (C=O) groups excluding carboxylic acids is 1. The van der Waals surface area contributed by atoms with Crippen LogP contribution in [-0.2, 0) is 16.0 Å². The number of methoxy groups -OCH3 is 1. The van der Waals surface area contributed by atoms with Gasteiger partial charge in [-0.25, -0.2) is 0 Å². The average molecular weight is 282 g/mol. The van der Waals surface area contributed by atoms with Crippen molar-refractivity contribution in [3.05, 3.63) is 33.9 Å². The first-order valence-corrected chi connectivity index (χ1v) is 5.74. The molecule has 2 N–H and O–H groups in total. The first-order chi connectivity index (χ1) is 9.43. The molecule has 0 aliphatic heterocycles. The van der Waals surface area contributed by atoms with Crippen LogP contribution in [-0.4, -0.2) is 35.6 Å². The van der Waals surface area contributed by atoms with Gasteiger partial charge in [-0.2, -0.15) is 0 Å². The number of nitrogens with zero attached hydrogens (tertiary/aromatic N) is 1. The van der Waals surface area contributed by atoms with Gasteiger partial charge in [0.2, 0.25) is 5.91 Å². The van der Waals surface area contributed by atoms with E-state index in [9.17, 15) is 19.7 Å². The average Bonchev–Trinajstić information content (AvgIpc) is 2.37. The highest BCUT2D eigenvalue weighted by molar-refractivity contribution is 5.93. The number of nitro benzene ring substituents is 1. The second-order valence-electron chi connectivity index (χ2n) is 3.93. The second-order valence-corrected chi connectivity index (χ2v) is 3.93. The molecular weight excluding hydrogens is 268 g/mol. The van der Waals surface area contributed by atoms with E-state index in [1.807, 2.05) is 0 Å². The van der Waals surface area contributed by atoms with Crippen molar-refractivity contribution in [2.75, 3.05) is 13.7 Å². The minimum atomic E-state index is -1.19. The van der Waals surface area contributed by atoms with Crippen LogP contribution in [0.2, 0.25) is 0 Å². The van der Waals surface area contributed by atoms with Crippen LogP contribution in [0.5, 0.6) is 5.75 Å². The highest BCUT2D eigenvalue weighted by Gasteiger charge is 2.14. The number of nitrogens with one attached hydrogen (secondary N) is 1. The summed E-state index contributed by atoms with van der Waals surface area (Å²) in [5, 5.41) is 21.6. The smallest absolute Gasteiger partial charge is 0.312 e. The molecule has 1 rings (SSSR count). The van der Waals surface area contributed by atoms with E-state index in [4.69, 9.17) is 9.84 Å². The van der Waals surface area contributed by atoms with E-state index < -0.39 is 23.2 Å². The summed E-state index contributed by atoms with van der Waals surface area (Å²) < 4.78 is 4.92. The van der Waals surface area contributed by atoms with Crippen LogP contribution in [0, 0.1) is 10.1 Å². The molecule has 0 spiro atoms. The van der Waals surface area contributed by atoms with Crippen LogP contribution in [0.3, 0.4) is 0 Å². The lowest BCUT2D eigenvalue weighted by molar-refractivity contribution is -0.385. The summed E-state index contributed by atoms with van der Waals surface area (Å²) in [5.74, 6) is -1.63. The maximum absolute atomic E-state index is 11.1. The molecule has 0 aliphatic carbocycles. The highest BCUT2D eigenvalue weighted by atomic mass is 16.6. The van der Waals surface area contributed by atoms with Gasteiger partial charge in [0.1, 0.15) is 6.42 Å². The standard InChI is InChI=1S/C12H14N2O6/c1-20-10-6-8(2-3-9(10)14(18)19)4-5-13-11(15)7-12(16)17/h2-3,6H,4-5,7H2,1H3,(H,13,15)(H,16,17). The van der Waals surface area contributed by atoms with Crippen molar-refractivity contribution in [3.63, 3.8) is 0 Å². The fraction of sp³-hybridized carbons (Fsp3) is 0.333. The van der Waals surface area contributed by atoms with Crippen molar-refractivity contribution in [3.8, 4) is 5.75 Å². The Morgan fingerprint density at radius 1 is 1.45 bits per heavy atom. The largest absolute Gasteiger partial charge is 0.490 e. The quantitative estimate of drug-likeness (QED) is 0.432. The number of nitro groups is 1. The summed E-state index contributed by atoms with van der Waals surface area (Å²) in [6.07, 6.45) is -0.163. The number of hydrogen-bond acceptors (Lipinski definition) is 5. The van der Waals surface area contributed by atoms with Gasteiger partial charge in [-0.15, -0.1) is 0 Å². The molecule has 1 aromatic carbocycles. The minimum Gasteiger partial charge on any atom is -0.490 e. The summed E-state index contributed by atoms with van der Waals surface area (Å²) in [5.41, 5.74) is 0.606. The lowest BCUT2D eigenvalue weighted by Gasteiger charge is -2.06. The maximum atomic E-state index is 11.1. The molecule has 0 bridgehead atoms. The topological polar surface area (TPSA) is 119 Å². The number of aliphatic carboxylic acids is 1. The Morgan fingerprint density at radius 3 is 2.70 bits per heavy atom. The Bertz CT molecular complexity index is 529. The molecule has 0 saturated heterocycles. The number of amides is 1. The van der Waals surface area contributed by atoms with Crippen molar-refractivity contribution in [1.29, 1.82) is 0 Å². The highest BCUT2D eigenvalue weighted by Crippen LogP contribution is 2.27. The van der Waals surface area contributed by atoms with Crippen molar-refractivity contribution >= 4 is 17.6 Å². The van der Waals surface area contributed by atoms with Crippen LogP contribution >= 0.6 is 0 Å². The molecular formula is C12H14N2O6. The van der Waals surface area contributed by atoms with Crippen molar-refractivity contribution in [1.82, 2.24) is 5.32 Å². The van der Waals surface area contributed by atoms with Gasteiger partial charge in [0.05, 0.1) is 12.0 Å². The molecule has 0 aliphatic rings. The molecule has 0 fully saturated rings. The molecule has 1 aromatic rings. The minimum absolute atomic E-state index is 0.133. The molecule has 0 aromatic heterocycles. The van der Waals surface area contributed by atoms with Gasteiger partial charge in [0, 0.05) is 12.6 Å². The monoisotopic (exact) mass is 282 g/mol. The molecule has 0 radical (unpaired) electrons. The predicted molar refractivity (Wildman–Crippen MR) is 68.6 cm³/mol. The van der Waals surface area contributed by atoms with Gasteiger partial charge in [0.25, 0.3) is 0 Å². The lowest BCUT2D eigenvalue weighted by Crippen LogP contribution is -2.27. The third-order valence-corrected chi connectivity index (χ3v) is 2.49. The van der Waals surface area contributed by atoms with Crippen LogP contribution in [0.15, 0.2) is 18.2 Å². The van der Waals surface area contributed by atoms with E-state index in [-0.39, 0.29) is 18.0 Å². The Hall–Kier alpha value is -2.64. The van der Waals surface area contributed by atoms with E-state index in [0.717, 1.165) is 5.56 Å². The van der Waals surface area contributed by atoms with Crippen molar-refractivity contribution in [2.24, 2.45) is 0 Å². The van der Waals surface area contributed by atoms with Crippen LogP contribution in [0.4, 0.5) is 5.69 Å². The summed E-state index contributed by atoms with van der Waals surface area (Å²) in [6.45, 7) is 0.243. The molecule has 8 heteroatoms. The first-order valence-electron chi connectivity index (χ1n) is 5.74. The molecule has 108 valence electrons. The Balaban J connectivity index is 2.59. The van der Waals surface area contributed by atoms with Crippen LogP contribution < -0.4 is 10.1 Å². The number of carboxylic acids is 1. The van der Waals surface area contributed by atoms with E-state index in [1.165, 1.54) is 19.2 Å². The lowest BCUT2D eigenvalue weighted by atomic mass is 10.1. The number of carbonyl (C=O) groups is 2. The second kappa shape index (κ2) is 7.07. The van der Waals surface area contributed by atoms with Gasteiger partial charge < -0.3 is 15.2 Å². The zero-order valence-electron chi connectivity index (χ0n) is 10.8. The Labute approximate surface area is 114 Å². The third kappa shape index (κ3) is 4.56. The number of benzene rings is 1. The Morgan fingerprint density at radius 2 is 2.15 bits per heavy atom. The number of rotatable bonds is 7. The first kappa shape index (κ1) is 15.4. The van der Waals surface area contributed by atoms with E-state index in [0.29, 0.717) is 6.42 Å². The molecule has 0 atom stereocenters. The van der Waals surface area contributed by atoms with Crippen molar-refractivity contribution < 1.29 is 24.4 Å². The molecule has 0 saturated carbocycles. The fourth-order valence-electron chi connectivity index (χ4n) is 1.57. The van der Waals surface area contributed by atoms with Gasteiger partial charge in [-0.3, -0.25) is 19.7 Å². The normalized spacial score (nSPS) is 9.85. The summed E-state index contributed by atoms with van der Waals surface area (Å²) in [7, 11) is 1.33. The summed E-state index contributed by atoms with van der Waals surface area (Å²) in [6, 6.07) is 4.40. The Kier molecular flexibility index (Phi) is 5.45. The van der Waals surface area contributed by atoms with Crippen LogP contribution in [0.25, 0.3) is 0 Å². The van der Waals surface area contributed by atoms with Crippen molar-refractivity contribution in [2.45, 2.75) is 12.8 Å². The van der Waals surface area contributed by atoms with Gasteiger partial charge >= 0.3 is 11.7 Å². The molecule has 20 heavy (non-hydrogen) atoms. The zero-order chi connectivity index (χ0) is 15.1. The SMILES string of the molecule is COc1cc(CCNC(=O)CC(=O)O)ccc1[N+](=O)[O-]. The molecule has 8 nitrogen and oxygen atoms in total. The van der Waals surface area contributed by atoms with Crippen LogP contribution in [0.1, 0.15) is 12.0 Å². The number of hydrogen-bond donors (Lipinski definition) is 2.